The van der Waals surface area contributed by atoms with Crippen molar-refractivity contribution >= 4 is 5.97 Å². The number of ether oxygens (including phenoxy) is 1. The maximum Gasteiger partial charge on any atom is 0.306 e. The third-order valence-electron chi connectivity index (χ3n) is 3.87. The first kappa shape index (κ1) is 16.2. The van der Waals surface area contributed by atoms with E-state index in [9.17, 15) is 4.79 Å². The topological polar surface area (TPSA) is 39.2 Å². The van der Waals surface area contributed by atoms with E-state index in [1.165, 1.54) is 16.7 Å². The smallest absolute Gasteiger partial charge is 0.306 e. The highest BCUT2D eigenvalue weighted by Gasteiger charge is 2.14. The van der Waals surface area contributed by atoms with Gasteiger partial charge in [0.1, 0.15) is 0 Å². The highest BCUT2D eigenvalue weighted by Crippen LogP contribution is 2.28. The monoisotopic (exact) mass is 297 g/mol. The van der Waals surface area contributed by atoms with E-state index < -0.39 is 0 Å². The van der Waals surface area contributed by atoms with Crippen molar-refractivity contribution in [2.45, 2.75) is 40.0 Å². The molecule has 0 spiro atoms. The zero-order valence-corrected chi connectivity index (χ0v) is 13.7. The van der Waals surface area contributed by atoms with Crippen LogP contribution in [0.2, 0.25) is 0 Å². The second-order valence-corrected chi connectivity index (χ2v) is 5.65. The molecule has 0 radical (unpaired) electrons. The number of aryl methyl sites for hydroxylation is 2. The summed E-state index contributed by atoms with van der Waals surface area (Å²) in [7, 11) is 0. The fourth-order valence-electron chi connectivity index (χ4n) is 2.70. The van der Waals surface area contributed by atoms with Crippen molar-refractivity contribution in [2.24, 2.45) is 0 Å². The highest BCUT2D eigenvalue weighted by atomic mass is 16.5. The fourth-order valence-corrected chi connectivity index (χ4v) is 2.70. The Morgan fingerprint density at radius 2 is 1.91 bits per heavy atom. The summed E-state index contributed by atoms with van der Waals surface area (Å²) in [6, 6.07) is 10.3. The van der Waals surface area contributed by atoms with Crippen LogP contribution in [0.15, 0.2) is 36.5 Å². The number of aromatic nitrogens is 1. The van der Waals surface area contributed by atoms with Gasteiger partial charge in [0.15, 0.2) is 0 Å². The number of carbonyl (C=O) groups is 1. The van der Waals surface area contributed by atoms with Crippen LogP contribution >= 0.6 is 0 Å². The number of esters is 1. The third kappa shape index (κ3) is 3.73. The summed E-state index contributed by atoms with van der Waals surface area (Å²) in [5.74, 6) is -0.0365. The predicted molar refractivity (Wildman–Crippen MR) is 88.8 cm³/mol. The van der Waals surface area contributed by atoms with Gasteiger partial charge in [0.05, 0.1) is 18.7 Å². The van der Waals surface area contributed by atoms with Crippen molar-refractivity contribution in [3.05, 3.63) is 53.2 Å². The van der Waals surface area contributed by atoms with Gasteiger partial charge in [0, 0.05) is 11.8 Å². The van der Waals surface area contributed by atoms with Crippen LogP contribution in [0.5, 0.6) is 0 Å². The molecular weight excluding hydrogens is 274 g/mol. The average Bonchev–Trinajstić information content (AvgIpc) is 2.47. The van der Waals surface area contributed by atoms with E-state index in [0.717, 1.165) is 11.3 Å². The first-order valence-corrected chi connectivity index (χ1v) is 7.71. The SMILES string of the molecule is CCOC(=O)CC(C)c1ccnc(-c2c(C)cccc2C)c1. The van der Waals surface area contributed by atoms with Crippen LogP contribution in [0.25, 0.3) is 11.3 Å². The van der Waals surface area contributed by atoms with E-state index in [-0.39, 0.29) is 11.9 Å². The Labute approximate surface area is 132 Å². The number of hydrogen-bond acceptors (Lipinski definition) is 3. The molecule has 0 N–H and O–H groups in total. The molecule has 0 bridgehead atoms. The van der Waals surface area contributed by atoms with Gasteiger partial charge in [0.2, 0.25) is 0 Å². The molecule has 0 fully saturated rings. The number of benzene rings is 1. The Morgan fingerprint density at radius 1 is 1.23 bits per heavy atom. The van der Waals surface area contributed by atoms with Crippen LogP contribution in [-0.4, -0.2) is 17.6 Å². The summed E-state index contributed by atoms with van der Waals surface area (Å²) in [5, 5.41) is 0. The number of hydrogen-bond donors (Lipinski definition) is 0. The zero-order chi connectivity index (χ0) is 16.1. The molecule has 0 aliphatic heterocycles. The minimum atomic E-state index is -0.152. The first-order valence-electron chi connectivity index (χ1n) is 7.71. The van der Waals surface area contributed by atoms with Gasteiger partial charge in [-0.3, -0.25) is 9.78 Å². The molecule has 3 heteroatoms. The predicted octanol–water partition coefficient (Wildman–Crippen LogP) is 4.42. The molecule has 116 valence electrons. The van der Waals surface area contributed by atoms with E-state index in [2.05, 4.69) is 43.1 Å². The highest BCUT2D eigenvalue weighted by molar-refractivity contribution is 5.71. The average molecular weight is 297 g/mol. The lowest BCUT2D eigenvalue weighted by Gasteiger charge is -2.14. The van der Waals surface area contributed by atoms with Gasteiger partial charge in [-0.25, -0.2) is 0 Å². The van der Waals surface area contributed by atoms with Crippen LogP contribution in [0.3, 0.4) is 0 Å². The molecule has 0 aliphatic carbocycles. The Balaban J connectivity index is 2.29. The minimum Gasteiger partial charge on any atom is -0.466 e. The molecule has 22 heavy (non-hydrogen) atoms. The summed E-state index contributed by atoms with van der Waals surface area (Å²) in [6.07, 6.45) is 2.21. The van der Waals surface area contributed by atoms with Crippen molar-refractivity contribution in [3.8, 4) is 11.3 Å². The molecule has 3 nitrogen and oxygen atoms in total. The first-order chi connectivity index (χ1) is 10.5. The van der Waals surface area contributed by atoms with Crippen LogP contribution in [0.4, 0.5) is 0 Å². The van der Waals surface area contributed by atoms with Crippen molar-refractivity contribution in [3.63, 3.8) is 0 Å². The molecule has 2 rings (SSSR count). The Morgan fingerprint density at radius 3 is 2.55 bits per heavy atom. The molecule has 1 unspecified atom stereocenters. The quantitative estimate of drug-likeness (QED) is 0.767. The Bertz CT molecular complexity index is 644. The van der Waals surface area contributed by atoms with E-state index in [4.69, 9.17) is 4.74 Å². The zero-order valence-electron chi connectivity index (χ0n) is 13.7. The van der Waals surface area contributed by atoms with E-state index in [0.29, 0.717) is 13.0 Å². The molecule has 0 saturated carbocycles. The number of carbonyl (C=O) groups excluding carboxylic acids is 1. The molecule has 0 aliphatic rings. The second kappa shape index (κ2) is 7.21. The lowest BCUT2D eigenvalue weighted by Crippen LogP contribution is -2.08. The normalized spacial score (nSPS) is 12.0. The standard InChI is InChI=1S/C19H23NO2/c1-5-22-18(21)11-15(4)16-9-10-20-17(12-16)19-13(2)7-6-8-14(19)3/h6-10,12,15H,5,11H2,1-4H3. The maximum atomic E-state index is 11.7. The molecule has 1 heterocycles. The largest absolute Gasteiger partial charge is 0.466 e. The van der Waals surface area contributed by atoms with Gasteiger partial charge >= 0.3 is 5.97 Å². The van der Waals surface area contributed by atoms with E-state index in [1.807, 2.05) is 26.1 Å². The van der Waals surface area contributed by atoms with E-state index in [1.54, 1.807) is 0 Å². The molecule has 1 atom stereocenters. The van der Waals surface area contributed by atoms with Crippen molar-refractivity contribution in [1.82, 2.24) is 4.98 Å². The van der Waals surface area contributed by atoms with Crippen molar-refractivity contribution < 1.29 is 9.53 Å². The van der Waals surface area contributed by atoms with Gasteiger partial charge in [-0.05, 0) is 55.5 Å². The lowest BCUT2D eigenvalue weighted by molar-refractivity contribution is -0.143. The Kier molecular flexibility index (Phi) is 5.31. The maximum absolute atomic E-state index is 11.7. The number of rotatable bonds is 5. The summed E-state index contributed by atoms with van der Waals surface area (Å²) in [5.41, 5.74) is 5.67. The van der Waals surface area contributed by atoms with E-state index >= 15 is 0 Å². The number of nitrogens with zero attached hydrogens (tertiary/aromatic N) is 1. The summed E-state index contributed by atoms with van der Waals surface area (Å²) in [4.78, 5) is 16.2. The third-order valence-corrected chi connectivity index (χ3v) is 3.87. The molecular formula is C19H23NO2. The Hall–Kier alpha value is -2.16. The molecule has 1 aromatic carbocycles. The van der Waals surface area contributed by atoms with Crippen LogP contribution < -0.4 is 0 Å². The lowest BCUT2D eigenvalue weighted by atomic mass is 9.94. The van der Waals surface area contributed by atoms with Crippen LogP contribution in [-0.2, 0) is 9.53 Å². The van der Waals surface area contributed by atoms with Gasteiger partial charge in [-0.2, -0.15) is 0 Å². The van der Waals surface area contributed by atoms with Crippen LogP contribution in [0.1, 0.15) is 42.9 Å². The van der Waals surface area contributed by atoms with Crippen LogP contribution in [0, 0.1) is 13.8 Å². The summed E-state index contributed by atoms with van der Waals surface area (Å²) < 4.78 is 5.03. The second-order valence-electron chi connectivity index (χ2n) is 5.65. The van der Waals surface area contributed by atoms with Crippen molar-refractivity contribution in [2.75, 3.05) is 6.61 Å². The molecule has 1 aromatic heterocycles. The number of pyridine rings is 1. The molecule has 2 aromatic rings. The molecule has 0 amide bonds. The van der Waals surface area contributed by atoms with Gasteiger partial charge in [-0.15, -0.1) is 0 Å². The summed E-state index contributed by atoms with van der Waals surface area (Å²) >= 11 is 0. The van der Waals surface area contributed by atoms with Gasteiger partial charge in [-0.1, -0.05) is 25.1 Å². The van der Waals surface area contributed by atoms with Gasteiger partial charge < -0.3 is 4.74 Å². The molecule has 0 saturated heterocycles. The minimum absolute atomic E-state index is 0.116. The van der Waals surface area contributed by atoms with Crippen molar-refractivity contribution in [1.29, 1.82) is 0 Å². The fraction of sp³-hybridized carbons (Fsp3) is 0.368. The van der Waals surface area contributed by atoms with Gasteiger partial charge in [0.25, 0.3) is 0 Å². The summed E-state index contributed by atoms with van der Waals surface area (Å²) in [6.45, 7) is 8.49.